The maximum Gasteiger partial charge on any atom is 0.138 e. The van der Waals surface area contributed by atoms with Crippen LogP contribution >= 0.6 is 11.6 Å². The van der Waals surface area contributed by atoms with E-state index in [9.17, 15) is 0 Å². The fraction of sp³-hybridized carbons (Fsp3) is 0.462. The number of nitriles is 1. The van der Waals surface area contributed by atoms with E-state index >= 15 is 0 Å². The Labute approximate surface area is 107 Å². The van der Waals surface area contributed by atoms with Gasteiger partial charge in [-0.2, -0.15) is 5.26 Å². The predicted molar refractivity (Wildman–Crippen MR) is 67.8 cm³/mol. The molecule has 0 saturated heterocycles. The lowest BCUT2D eigenvalue weighted by atomic mass is 9.95. The van der Waals surface area contributed by atoms with Gasteiger partial charge in [-0.1, -0.05) is 18.5 Å². The van der Waals surface area contributed by atoms with E-state index in [2.05, 4.69) is 13.0 Å². The van der Waals surface area contributed by atoms with Gasteiger partial charge in [0.2, 0.25) is 0 Å². The van der Waals surface area contributed by atoms with Gasteiger partial charge in [0.05, 0.1) is 25.3 Å². The molecule has 0 radical (unpaired) electrons. The minimum atomic E-state index is 0.232. The Morgan fingerprint density at radius 2 is 1.94 bits per heavy atom. The van der Waals surface area contributed by atoms with E-state index in [-0.39, 0.29) is 5.92 Å². The summed E-state index contributed by atoms with van der Waals surface area (Å²) in [6, 6.07) is 5.77. The molecule has 0 spiro atoms. The smallest absolute Gasteiger partial charge is 0.138 e. The van der Waals surface area contributed by atoms with Crippen molar-refractivity contribution in [2.45, 2.75) is 25.7 Å². The molecule has 1 aromatic rings. The second-order valence-corrected chi connectivity index (χ2v) is 4.23. The van der Waals surface area contributed by atoms with Crippen molar-refractivity contribution in [1.29, 1.82) is 5.26 Å². The van der Waals surface area contributed by atoms with Crippen molar-refractivity contribution in [3.05, 3.63) is 22.7 Å². The van der Waals surface area contributed by atoms with Gasteiger partial charge in [0.25, 0.3) is 0 Å². The molecule has 1 rings (SSSR count). The third-order valence-electron chi connectivity index (χ3n) is 2.72. The summed E-state index contributed by atoms with van der Waals surface area (Å²) >= 11 is 6.03. The summed E-state index contributed by atoms with van der Waals surface area (Å²) in [5.41, 5.74) is 1.02. The molecular formula is C13H16ClNO2. The lowest BCUT2D eigenvalue weighted by Gasteiger charge is -2.16. The maximum atomic E-state index is 8.61. The van der Waals surface area contributed by atoms with Gasteiger partial charge >= 0.3 is 0 Å². The third kappa shape index (κ3) is 3.28. The quantitative estimate of drug-likeness (QED) is 0.802. The summed E-state index contributed by atoms with van der Waals surface area (Å²) in [5.74, 6) is 1.60. The molecule has 1 atom stereocenters. The standard InChI is InChI=1S/C13H16ClNO2/c1-9(5-4-6-15)10-7-13(17-3)11(14)8-12(10)16-2/h7-9H,4-5H2,1-3H3. The van der Waals surface area contributed by atoms with E-state index in [4.69, 9.17) is 26.3 Å². The number of hydrogen-bond acceptors (Lipinski definition) is 3. The first-order valence-corrected chi connectivity index (χ1v) is 5.80. The highest BCUT2D eigenvalue weighted by Gasteiger charge is 2.15. The predicted octanol–water partition coefficient (Wildman–Crippen LogP) is 3.76. The number of methoxy groups -OCH3 is 2. The van der Waals surface area contributed by atoms with Crippen molar-refractivity contribution in [2.75, 3.05) is 14.2 Å². The highest BCUT2D eigenvalue weighted by atomic mass is 35.5. The van der Waals surface area contributed by atoms with Gasteiger partial charge < -0.3 is 9.47 Å². The summed E-state index contributed by atoms with van der Waals surface area (Å²) < 4.78 is 10.5. The van der Waals surface area contributed by atoms with Crippen molar-refractivity contribution in [2.24, 2.45) is 0 Å². The molecule has 0 saturated carbocycles. The van der Waals surface area contributed by atoms with Crippen LogP contribution in [0.15, 0.2) is 12.1 Å². The Morgan fingerprint density at radius 1 is 1.29 bits per heavy atom. The molecule has 92 valence electrons. The van der Waals surface area contributed by atoms with E-state index in [0.717, 1.165) is 17.7 Å². The molecular weight excluding hydrogens is 238 g/mol. The van der Waals surface area contributed by atoms with Crippen LogP contribution in [0.25, 0.3) is 0 Å². The normalized spacial score (nSPS) is 11.7. The van der Waals surface area contributed by atoms with Gasteiger partial charge in [-0.05, 0) is 18.4 Å². The largest absolute Gasteiger partial charge is 0.496 e. The Kier molecular flexibility index (Phi) is 5.11. The molecule has 0 aliphatic carbocycles. The molecule has 0 aromatic heterocycles. The van der Waals surface area contributed by atoms with E-state index in [1.165, 1.54) is 0 Å². The van der Waals surface area contributed by atoms with Crippen LogP contribution in [0.3, 0.4) is 0 Å². The van der Waals surface area contributed by atoms with Crippen molar-refractivity contribution in [3.8, 4) is 17.6 Å². The van der Waals surface area contributed by atoms with E-state index in [1.54, 1.807) is 20.3 Å². The first-order valence-electron chi connectivity index (χ1n) is 5.42. The van der Waals surface area contributed by atoms with E-state index in [0.29, 0.717) is 17.2 Å². The lowest BCUT2D eigenvalue weighted by molar-refractivity contribution is 0.395. The molecule has 3 nitrogen and oxygen atoms in total. The first-order chi connectivity index (χ1) is 8.13. The van der Waals surface area contributed by atoms with Gasteiger partial charge in [0.15, 0.2) is 0 Å². The van der Waals surface area contributed by atoms with Gasteiger partial charge in [-0.3, -0.25) is 0 Å². The van der Waals surface area contributed by atoms with Crippen LogP contribution < -0.4 is 9.47 Å². The fourth-order valence-electron chi connectivity index (χ4n) is 1.71. The Balaban J connectivity index is 3.07. The highest BCUT2D eigenvalue weighted by Crippen LogP contribution is 2.37. The Bertz CT molecular complexity index is 426. The minimum Gasteiger partial charge on any atom is -0.496 e. The van der Waals surface area contributed by atoms with Crippen molar-refractivity contribution < 1.29 is 9.47 Å². The van der Waals surface area contributed by atoms with Crippen LogP contribution in [0.5, 0.6) is 11.5 Å². The van der Waals surface area contributed by atoms with E-state index in [1.807, 2.05) is 6.07 Å². The van der Waals surface area contributed by atoms with Crippen molar-refractivity contribution in [1.82, 2.24) is 0 Å². The summed E-state index contributed by atoms with van der Waals surface area (Å²) in [4.78, 5) is 0. The Morgan fingerprint density at radius 3 is 2.47 bits per heavy atom. The summed E-state index contributed by atoms with van der Waals surface area (Å²) in [7, 11) is 3.19. The molecule has 0 aliphatic heterocycles. The summed E-state index contributed by atoms with van der Waals surface area (Å²) in [6.07, 6.45) is 1.31. The average Bonchev–Trinajstić information content (AvgIpc) is 2.35. The van der Waals surface area contributed by atoms with Crippen LogP contribution in [-0.4, -0.2) is 14.2 Å². The molecule has 0 aliphatic rings. The molecule has 17 heavy (non-hydrogen) atoms. The third-order valence-corrected chi connectivity index (χ3v) is 3.02. The van der Waals surface area contributed by atoms with E-state index < -0.39 is 0 Å². The topological polar surface area (TPSA) is 42.2 Å². The number of halogens is 1. The number of nitrogens with zero attached hydrogens (tertiary/aromatic N) is 1. The zero-order valence-corrected chi connectivity index (χ0v) is 11.0. The molecule has 1 aromatic carbocycles. The Hall–Kier alpha value is -1.40. The SMILES string of the molecule is COc1cc(C(C)CCC#N)c(OC)cc1Cl. The van der Waals surface area contributed by atoms with Gasteiger partial charge in [0, 0.05) is 18.1 Å². The second-order valence-electron chi connectivity index (χ2n) is 3.83. The van der Waals surface area contributed by atoms with Gasteiger partial charge in [-0.15, -0.1) is 0 Å². The second kappa shape index (κ2) is 6.36. The lowest BCUT2D eigenvalue weighted by Crippen LogP contribution is -1.99. The zero-order valence-electron chi connectivity index (χ0n) is 10.3. The zero-order chi connectivity index (χ0) is 12.8. The number of rotatable bonds is 5. The average molecular weight is 254 g/mol. The van der Waals surface area contributed by atoms with Crippen LogP contribution in [-0.2, 0) is 0 Å². The first kappa shape index (κ1) is 13.7. The number of benzene rings is 1. The molecule has 0 heterocycles. The number of hydrogen-bond donors (Lipinski definition) is 0. The van der Waals surface area contributed by atoms with Crippen LogP contribution in [0, 0.1) is 11.3 Å². The van der Waals surface area contributed by atoms with Crippen LogP contribution in [0.2, 0.25) is 5.02 Å². The maximum absolute atomic E-state index is 8.61. The van der Waals surface area contributed by atoms with Crippen LogP contribution in [0.4, 0.5) is 0 Å². The molecule has 0 bridgehead atoms. The fourth-order valence-corrected chi connectivity index (χ4v) is 1.94. The number of ether oxygens (including phenoxy) is 2. The summed E-state index contributed by atoms with van der Waals surface area (Å²) in [5, 5.41) is 9.13. The molecule has 1 unspecified atom stereocenters. The summed E-state index contributed by atoms with van der Waals surface area (Å²) in [6.45, 7) is 2.06. The molecule has 0 N–H and O–H groups in total. The molecule has 0 amide bonds. The minimum absolute atomic E-state index is 0.232. The highest BCUT2D eigenvalue weighted by molar-refractivity contribution is 6.32. The van der Waals surface area contributed by atoms with Crippen molar-refractivity contribution >= 4 is 11.6 Å². The molecule has 0 fully saturated rings. The van der Waals surface area contributed by atoms with Crippen molar-refractivity contribution in [3.63, 3.8) is 0 Å². The van der Waals surface area contributed by atoms with Gasteiger partial charge in [0.1, 0.15) is 11.5 Å². The molecule has 4 heteroatoms. The van der Waals surface area contributed by atoms with Gasteiger partial charge in [-0.25, -0.2) is 0 Å². The monoisotopic (exact) mass is 253 g/mol. The van der Waals surface area contributed by atoms with Crippen LogP contribution in [0.1, 0.15) is 31.2 Å².